The first-order valence-corrected chi connectivity index (χ1v) is 7.00. The highest BCUT2D eigenvalue weighted by molar-refractivity contribution is 5.94. The van der Waals surface area contributed by atoms with E-state index in [1.807, 2.05) is 0 Å². The molecule has 2 rings (SSSR count). The third kappa shape index (κ3) is 5.15. The topological polar surface area (TPSA) is 79.5 Å². The van der Waals surface area contributed by atoms with Crippen LogP contribution in [0.15, 0.2) is 40.8 Å². The zero-order valence-corrected chi connectivity index (χ0v) is 12.4. The van der Waals surface area contributed by atoms with E-state index in [0.717, 1.165) is 0 Å². The summed E-state index contributed by atoms with van der Waals surface area (Å²) in [7, 11) is 0. The Hall–Kier alpha value is -2.77. The summed E-state index contributed by atoms with van der Waals surface area (Å²) in [6.07, 6.45) is -5.27. The second-order valence-corrected chi connectivity index (χ2v) is 5.07. The van der Waals surface area contributed by atoms with Crippen LogP contribution in [0.1, 0.15) is 38.7 Å². The molecule has 0 radical (unpaired) electrons. The molecule has 0 atom stereocenters. The van der Waals surface area contributed by atoms with Gasteiger partial charge in [-0.1, -0.05) is 12.1 Å². The minimum absolute atomic E-state index is 0.00192. The van der Waals surface area contributed by atoms with Gasteiger partial charge in [-0.2, -0.15) is 13.2 Å². The number of hydrogen-bond acceptors (Lipinski definition) is 3. The van der Waals surface area contributed by atoms with Gasteiger partial charge in [0.25, 0.3) is 5.91 Å². The van der Waals surface area contributed by atoms with Gasteiger partial charge in [-0.3, -0.25) is 4.79 Å². The fraction of sp³-hybridized carbons (Fsp3) is 0.250. The van der Waals surface area contributed by atoms with Gasteiger partial charge in [-0.25, -0.2) is 4.79 Å². The Bertz CT molecular complexity index is 720. The maximum atomic E-state index is 12.2. The van der Waals surface area contributed by atoms with Crippen LogP contribution in [0.3, 0.4) is 0 Å². The van der Waals surface area contributed by atoms with Crippen molar-refractivity contribution in [3.8, 4) is 0 Å². The molecule has 0 spiro atoms. The van der Waals surface area contributed by atoms with Crippen LogP contribution in [-0.4, -0.2) is 23.2 Å². The summed E-state index contributed by atoms with van der Waals surface area (Å²) in [5, 5.41) is 11.3. The molecular formula is C16H14F3NO4. The number of rotatable bonds is 6. The molecular weight excluding hydrogens is 327 g/mol. The minimum Gasteiger partial charge on any atom is -0.475 e. The largest absolute Gasteiger partial charge is 0.475 e. The van der Waals surface area contributed by atoms with Gasteiger partial charge in [0, 0.05) is 12.0 Å². The number of hydrogen-bond donors (Lipinski definition) is 2. The molecule has 1 heterocycles. The van der Waals surface area contributed by atoms with Crippen LogP contribution in [0, 0.1) is 0 Å². The fourth-order valence-corrected chi connectivity index (χ4v) is 1.97. The molecule has 128 valence electrons. The van der Waals surface area contributed by atoms with Crippen LogP contribution in [0.5, 0.6) is 0 Å². The molecule has 0 aliphatic rings. The quantitative estimate of drug-likeness (QED) is 0.844. The van der Waals surface area contributed by atoms with Crippen molar-refractivity contribution in [2.45, 2.75) is 25.6 Å². The predicted octanol–water partition coefficient (Wildman–Crippen LogP) is 3.40. The summed E-state index contributed by atoms with van der Waals surface area (Å²) >= 11 is 0. The van der Waals surface area contributed by atoms with Gasteiger partial charge in [0.05, 0.1) is 6.54 Å². The molecule has 24 heavy (non-hydrogen) atoms. The molecule has 1 amide bonds. The number of carbonyl (C=O) groups is 2. The number of aromatic carboxylic acids is 1. The lowest BCUT2D eigenvalue weighted by Crippen LogP contribution is -2.22. The van der Waals surface area contributed by atoms with Gasteiger partial charge in [0.1, 0.15) is 5.76 Å². The number of carbonyl (C=O) groups excluding carboxylic acids is 1. The molecule has 8 heteroatoms. The smallest absolute Gasteiger partial charge is 0.389 e. The predicted molar refractivity (Wildman–Crippen MR) is 77.7 cm³/mol. The standard InChI is InChI=1S/C16H14F3NO4/c17-16(18,19)8-7-10-1-3-11(4-2-10)14(21)20-9-12-5-6-13(24-12)15(22)23/h1-6H,7-9H2,(H,20,21)(H,22,23). The Morgan fingerprint density at radius 2 is 1.75 bits per heavy atom. The number of nitrogens with one attached hydrogen (secondary N) is 1. The Morgan fingerprint density at radius 3 is 2.29 bits per heavy atom. The molecule has 0 aliphatic heterocycles. The van der Waals surface area contributed by atoms with Crippen molar-refractivity contribution >= 4 is 11.9 Å². The van der Waals surface area contributed by atoms with E-state index in [1.165, 1.54) is 36.4 Å². The number of benzene rings is 1. The number of amides is 1. The first-order chi connectivity index (χ1) is 11.2. The van der Waals surface area contributed by atoms with E-state index in [0.29, 0.717) is 5.56 Å². The number of halogens is 3. The molecule has 1 aromatic heterocycles. The van der Waals surface area contributed by atoms with Gasteiger partial charge in [0.15, 0.2) is 0 Å². The van der Waals surface area contributed by atoms with E-state index in [1.54, 1.807) is 0 Å². The van der Waals surface area contributed by atoms with Crippen molar-refractivity contribution in [3.05, 3.63) is 59.0 Å². The van der Waals surface area contributed by atoms with Crippen molar-refractivity contribution < 1.29 is 32.3 Å². The molecule has 0 saturated heterocycles. The van der Waals surface area contributed by atoms with Gasteiger partial charge < -0.3 is 14.8 Å². The van der Waals surface area contributed by atoms with Crippen LogP contribution >= 0.6 is 0 Å². The molecule has 5 nitrogen and oxygen atoms in total. The summed E-state index contributed by atoms with van der Waals surface area (Å²) in [5.74, 6) is -1.59. The van der Waals surface area contributed by atoms with Crippen LogP contribution in [0.2, 0.25) is 0 Å². The molecule has 0 fully saturated rings. The molecule has 0 unspecified atom stereocenters. The van der Waals surface area contributed by atoms with Gasteiger partial charge in [-0.05, 0) is 36.2 Å². The lowest BCUT2D eigenvalue weighted by Gasteiger charge is -2.07. The van der Waals surface area contributed by atoms with Gasteiger partial charge in [0.2, 0.25) is 5.76 Å². The lowest BCUT2D eigenvalue weighted by atomic mass is 10.1. The maximum absolute atomic E-state index is 12.2. The summed E-state index contributed by atoms with van der Waals surface area (Å²) < 4.78 is 41.5. The average molecular weight is 341 g/mol. The van der Waals surface area contributed by atoms with Gasteiger partial charge >= 0.3 is 12.1 Å². The van der Waals surface area contributed by atoms with Crippen molar-refractivity contribution in [3.63, 3.8) is 0 Å². The Kier molecular flexibility index (Phi) is 5.28. The minimum atomic E-state index is -4.21. The summed E-state index contributed by atoms with van der Waals surface area (Å²) in [6.45, 7) is 0.00192. The highest BCUT2D eigenvalue weighted by atomic mass is 19.4. The normalized spacial score (nSPS) is 11.3. The first kappa shape index (κ1) is 17.6. The SMILES string of the molecule is O=C(NCc1ccc(C(=O)O)o1)c1ccc(CCC(F)(F)F)cc1. The fourth-order valence-electron chi connectivity index (χ4n) is 1.97. The maximum Gasteiger partial charge on any atom is 0.389 e. The van der Waals surface area contributed by atoms with Crippen molar-refractivity contribution in [2.24, 2.45) is 0 Å². The third-order valence-electron chi connectivity index (χ3n) is 3.21. The van der Waals surface area contributed by atoms with E-state index in [2.05, 4.69) is 5.32 Å². The van der Waals surface area contributed by atoms with Crippen LogP contribution in [0.4, 0.5) is 13.2 Å². The van der Waals surface area contributed by atoms with Crippen LogP contribution in [-0.2, 0) is 13.0 Å². The number of furan rings is 1. The number of alkyl halides is 3. The van der Waals surface area contributed by atoms with E-state index in [9.17, 15) is 22.8 Å². The van der Waals surface area contributed by atoms with E-state index < -0.39 is 24.5 Å². The van der Waals surface area contributed by atoms with E-state index >= 15 is 0 Å². The average Bonchev–Trinajstić information content (AvgIpc) is 2.99. The highest BCUT2D eigenvalue weighted by Gasteiger charge is 2.26. The molecule has 0 saturated carbocycles. The van der Waals surface area contributed by atoms with Crippen molar-refractivity contribution in [2.75, 3.05) is 0 Å². The van der Waals surface area contributed by atoms with E-state index in [4.69, 9.17) is 9.52 Å². The molecule has 1 aromatic carbocycles. The van der Waals surface area contributed by atoms with E-state index in [-0.39, 0.29) is 30.0 Å². The highest BCUT2D eigenvalue weighted by Crippen LogP contribution is 2.22. The molecule has 2 aromatic rings. The number of carboxylic acids is 1. The molecule has 0 bridgehead atoms. The monoisotopic (exact) mass is 341 g/mol. The summed E-state index contributed by atoms with van der Waals surface area (Å²) in [6, 6.07) is 8.52. The molecule has 0 aliphatic carbocycles. The second-order valence-electron chi connectivity index (χ2n) is 5.07. The summed E-state index contributed by atoms with van der Waals surface area (Å²) in [5.41, 5.74) is 0.775. The Labute approximate surface area is 135 Å². The molecule has 2 N–H and O–H groups in total. The van der Waals surface area contributed by atoms with Crippen molar-refractivity contribution in [1.29, 1.82) is 0 Å². The van der Waals surface area contributed by atoms with Crippen molar-refractivity contribution in [1.82, 2.24) is 5.32 Å². The second kappa shape index (κ2) is 7.20. The first-order valence-electron chi connectivity index (χ1n) is 7.00. The number of aryl methyl sites for hydroxylation is 1. The van der Waals surface area contributed by atoms with Gasteiger partial charge in [-0.15, -0.1) is 0 Å². The lowest BCUT2D eigenvalue weighted by molar-refractivity contribution is -0.134. The Balaban J connectivity index is 1.89. The van der Waals surface area contributed by atoms with Crippen LogP contribution < -0.4 is 5.32 Å². The zero-order valence-electron chi connectivity index (χ0n) is 12.4. The Morgan fingerprint density at radius 1 is 1.08 bits per heavy atom. The third-order valence-corrected chi connectivity index (χ3v) is 3.21. The number of carboxylic acid groups (broad SMARTS) is 1. The van der Waals surface area contributed by atoms with Crippen LogP contribution in [0.25, 0.3) is 0 Å². The summed E-state index contributed by atoms with van der Waals surface area (Å²) in [4.78, 5) is 22.6. The zero-order chi connectivity index (χ0) is 17.7.